The molecule has 0 aliphatic heterocycles. The highest BCUT2D eigenvalue weighted by Crippen LogP contribution is 2.18. The Hall–Kier alpha value is -1.55. The van der Waals surface area contributed by atoms with Crippen molar-refractivity contribution >= 4 is 11.6 Å². The second-order valence-corrected chi connectivity index (χ2v) is 5.33. The van der Waals surface area contributed by atoms with Crippen LogP contribution >= 0.6 is 0 Å². The molecule has 1 amide bonds. The zero-order valence-electron chi connectivity index (χ0n) is 12.0. The predicted octanol–water partition coefficient (Wildman–Crippen LogP) is 2.64. The van der Waals surface area contributed by atoms with Crippen LogP contribution in [0.25, 0.3) is 0 Å². The maximum Gasteiger partial charge on any atom is 0.224 e. The van der Waals surface area contributed by atoms with E-state index in [1.54, 1.807) is 0 Å². The molecule has 3 N–H and O–H groups in total. The van der Waals surface area contributed by atoms with Gasteiger partial charge in [-0.1, -0.05) is 26.8 Å². The minimum Gasteiger partial charge on any atom is -0.493 e. The van der Waals surface area contributed by atoms with Gasteiger partial charge in [-0.15, -0.1) is 0 Å². The number of benzene rings is 1. The molecule has 0 saturated carbocycles. The fourth-order valence-electron chi connectivity index (χ4n) is 1.54. The predicted molar refractivity (Wildman–Crippen MR) is 78.2 cm³/mol. The van der Waals surface area contributed by atoms with Gasteiger partial charge in [-0.05, 0) is 30.5 Å². The van der Waals surface area contributed by atoms with Gasteiger partial charge in [-0.3, -0.25) is 4.79 Å². The molecular weight excluding hydrogens is 240 g/mol. The van der Waals surface area contributed by atoms with Crippen LogP contribution in [0, 0.1) is 11.8 Å². The molecule has 0 bridgehead atoms. The first-order chi connectivity index (χ1) is 9.01. The van der Waals surface area contributed by atoms with Gasteiger partial charge in [0, 0.05) is 18.2 Å². The Morgan fingerprint density at radius 1 is 1.37 bits per heavy atom. The number of hydrogen-bond donors (Lipinski definition) is 2. The molecule has 0 aliphatic rings. The van der Waals surface area contributed by atoms with Crippen LogP contribution in [0.5, 0.6) is 5.75 Å². The van der Waals surface area contributed by atoms with Crippen molar-refractivity contribution < 1.29 is 9.53 Å². The Balaban J connectivity index is 2.54. The number of ether oxygens (including phenoxy) is 1. The summed E-state index contributed by atoms with van der Waals surface area (Å²) in [5.41, 5.74) is 6.27. The number of carbonyl (C=O) groups is 1. The maximum absolute atomic E-state index is 11.8. The summed E-state index contributed by atoms with van der Waals surface area (Å²) < 4.78 is 5.62. The number of nitrogens with two attached hydrogens (primary N) is 1. The fourth-order valence-corrected chi connectivity index (χ4v) is 1.54. The van der Waals surface area contributed by atoms with Gasteiger partial charge in [0.1, 0.15) is 5.75 Å². The van der Waals surface area contributed by atoms with E-state index in [1.807, 2.05) is 31.2 Å². The van der Waals surface area contributed by atoms with Crippen LogP contribution < -0.4 is 15.8 Å². The monoisotopic (exact) mass is 264 g/mol. The van der Waals surface area contributed by atoms with Gasteiger partial charge in [-0.2, -0.15) is 0 Å². The van der Waals surface area contributed by atoms with E-state index in [0.29, 0.717) is 25.5 Å². The van der Waals surface area contributed by atoms with Crippen LogP contribution in [0.15, 0.2) is 24.3 Å². The lowest BCUT2D eigenvalue weighted by Crippen LogP contribution is -2.20. The average molecular weight is 264 g/mol. The van der Waals surface area contributed by atoms with Crippen molar-refractivity contribution in [1.82, 2.24) is 0 Å². The number of rotatable bonds is 7. The van der Waals surface area contributed by atoms with Gasteiger partial charge in [0.15, 0.2) is 0 Å². The van der Waals surface area contributed by atoms with Crippen molar-refractivity contribution in [3.8, 4) is 5.75 Å². The van der Waals surface area contributed by atoms with Crippen molar-refractivity contribution in [2.75, 3.05) is 18.5 Å². The molecule has 1 rings (SSSR count). The lowest BCUT2D eigenvalue weighted by Gasteiger charge is -2.12. The second kappa shape index (κ2) is 7.79. The number of amides is 1. The van der Waals surface area contributed by atoms with Crippen molar-refractivity contribution in [2.24, 2.45) is 17.6 Å². The molecule has 1 aromatic carbocycles. The van der Waals surface area contributed by atoms with E-state index in [2.05, 4.69) is 19.2 Å². The molecule has 1 aromatic rings. The third kappa shape index (κ3) is 6.25. The quantitative estimate of drug-likeness (QED) is 0.795. The zero-order chi connectivity index (χ0) is 14.3. The summed E-state index contributed by atoms with van der Waals surface area (Å²) in [4.78, 5) is 11.8. The normalized spacial score (nSPS) is 12.3. The number of anilines is 1. The number of hydrogen-bond acceptors (Lipinski definition) is 3. The second-order valence-electron chi connectivity index (χ2n) is 5.33. The van der Waals surface area contributed by atoms with Gasteiger partial charge in [0.05, 0.1) is 6.61 Å². The summed E-state index contributed by atoms with van der Waals surface area (Å²) in [5, 5.41) is 2.86. The molecule has 4 nitrogen and oxygen atoms in total. The van der Waals surface area contributed by atoms with Crippen LogP contribution in [0.3, 0.4) is 0 Å². The number of carbonyl (C=O) groups excluding carboxylic acids is 1. The highest BCUT2D eigenvalue weighted by Gasteiger charge is 2.08. The molecular formula is C15H24N2O2. The summed E-state index contributed by atoms with van der Waals surface area (Å²) >= 11 is 0. The summed E-state index contributed by atoms with van der Waals surface area (Å²) in [6.45, 7) is 7.34. The van der Waals surface area contributed by atoms with Crippen LogP contribution in [0.4, 0.5) is 5.69 Å². The Morgan fingerprint density at radius 2 is 2.11 bits per heavy atom. The number of nitrogens with one attached hydrogen (secondary N) is 1. The highest BCUT2D eigenvalue weighted by molar-refractivity contribution is 5.91. The van der Waals surface area contributed by atoms with Crippen LogP contribution in [0.1, 0.15) is 27.2 Å². The molecule has 1 unspecified atom stereocenters. The Bertz CT molecular complexity index is 405. The lowest BCUT2D eigenvalue weighted by molar-refractivity contribution is -0.116. The summed E-state index contributed by atoms with van der Waals surface area (Å²) in [6.07, 6.45) is 0.438. The summed E-state index contributed by atoms with van der Waals surface area (Å²) in [5.74, 6) is 1.43. The molecule has 0 heterocycles. The van der Waals surface area contributed by atoms with Crippen LogP contribution in [-0.2, 0) is 4.79 Å². The molecule has 106 valence electrons. The van der Waals surface area contributed by atoms with E-state index in [-0.39, 0.29) is 11.8 Å². The molecule has 1 atom stereocenters. The standard InChI is InChI=1S/C15H24N2O2/c1-11(2)10-19-14-6-4-5-13(8-14)17-15(18)7-12(3)9-16/h4-6,8,11-12H,7,9-10,16H2,1-3H3,(H,17,18). The Kier molecular flexibility index (Phi) is 6.36. The van der Waals surface area contributed by atoms with Crippen LogP contribution in [0.2, 0.25) is 0 Å². The van der Waals surface area contributed by atoms with Crippen molar-refractivity contribution in [1.29, 1.82) is 0 Å². The first kappa shape index (κ1) is 15.5. The average Bonchev–Trinajstić information content (AvgIpc) is 2.36. The third-order valence-corrected chi connectivity index (χ3v) is 2.64. The molecule has 19 heavy (non-hydrogen) atoms. The Morgan fingerprint density at radius 3 is 2.74 bits per heavy atom. The van der Waals surface area contributed by atoms with Gasteiger partial charge in [0.25, 0.3) is 0 Å². The summed E-state index contributed by atoms with van der Waals surface area (Å²) in [7, 11) is 0. The van der Waals surface area contributed by atoms with Gasteiger partial charge >= 0.3 is 0 Å². The van der Waals surface area contributed by atoms with Gasteiger partial charge < -0.3 is 15.8 Å². The fraction of sp³-hybridized carbons (Fsp3) is 0.533. The molecule has 0 fully saturated rings. The van der Waals surface area contributed by atoms with E-state index < -0.39 is 0 Å². The van der Waals surface area contributed by atoms with Crippen LogP contribution in [-0.4, -0.2) is 19.1 Å². The smallest absolute Gasteiger partial charge is 0.224 e. The largest absolute Gasteiger partial charge is 0.493 e. The third-order valence-electron chi connectivity index (χ3n) is 2.64. The summed E-state index contributed by atoms with van der Waals surface area (Å²) in [6, 6.07) is 7.46. The minimum atomic E-state index is -0.0149. The van der Waals surface area contributed by atoms with E-state index >= 15 is 0 Å². The topological polar surface area (TPSA) is 64.3 Å². The Labute approximate surface area is 115 Å². The van der Waals surface area contributed by atoms with Crippen molar-refractivity contribution in [3.63, 3.8) is 0 Å². The first-order valence-corrected chi connectivity index (χ1v) is 6.74. The molecule has 0 spiro atoms. The SMILES string of the molecule is CC(C)COc1cccc(NC(=O)CC(C)CN)c1. The lowest BCUT2D eigenvalue weighted by atomic mass is 10.1. The van der Waals surface area contributed by atoms with E-state index in [1.165, 1.54) is 0 Å². The van der Waals surface area contributed by atoms with E-state index in [4.69, 9.17) is 10.5 Å². The van der Waals surface area contributed by atoms with Gasteiger partial charge in [0.2, 0.25) is 5.91 Å². The highest BCUT2D eigenvalue weighted by atomic mass is 16.5. The zero-order valence-corrected chi connectivity index (χ0v) is 12.0. The maximum atomic E-state index is 11.8. The molecule has 0 aromatic heterocycles. The molecule has 0 saturated heterocycles. The van der Waals surface area contributed by atoms with E-state index in [9.17, 15) is 4.79 Å². The van der Waals surface area contributed by atoms with Crippen molar-refractivity contribution in [3.05, 3.63) is 24.3 Å². The first-order valence-electron chi connectivity index (χ1n) is 6.74. The molecule has 0 radical (unpaired) electrons. The van der Waals surface area contributed by atoms with Gasteiger partial charge in [-0.25, -0.2) is 0 Å². The molecule has 4 heteroatoms. The van der Waals surface area contributed by atoms with E-state index in [0.717, 1.165) is 11.4 Å². The molecule has 0 aliphatic carbocycles. The minimum absolute atomic E-state index is 0.0149. The van der Waals surface area contributed by atoms with Crippen molar-refractivity contribution in [2.45, 2.75) is 27.2 Å².